The fourth-order valence-corrected chi connectivity index (χ4v) is 3.27. The highest BCUT2D eigenvalue weighted by Crippen LogP contribution is 2.14. The normalized spacial score (nSPS) is 19.0. The zero-order valence-electron chi connectivity index (χ0n) is 17.0. The van der Waals surface area contributed by atoms with Crippen LogP contribution in [0.1, 0.15) is 43.1 Å². The van der Waals surface area contributed by atoms with Crippen molar-refractivity contribution in [2.75, 3.05) is 33.4 Å². The molecule has 1 aliphatic rings. The fourth-order valence-electron chi connectivity index (χ4n) is 3.27. The first kappa shape index (κ1) is 20.7. The number of hydrogen-bond acceptors (Lipinski definition) is 4. The Morgan fingerprint density at radius 3 is 2.88 bits per heavy atom. The summed E-state index contributed by atoms with van der Waals surface area (Å²) in [6.07, 6.45) is 4.47. The molecule has 1 saturated heterocycles. The molecule has 2 unspecified atom stereocenters. The maximum atomic E-state index is 5.69. The molecule has 0 saturated carbocycles. The van der Waals surface area contributed by atoms with Gasteiger partial charge >= 0.3 is 0 Å². The van der Waals surface area contributed by atoms with Crippen LogP contribution in [0, 0.1) is 13.8 Å². The van der Waals surface area contributed by atoms with E-state index in [1.54, 1.807) is 7.05 Å². The molecule has 0 spiro atoms. The minimum atomic E-state index is 0.276. The topological polar surface area (TPSA) is 72.7 Å². The summed E-state index contributed by atoms with van der Waals surface area (Å²) in [6, 6.07) is 0.276. The van der Waals surface area contributed by atoms with E-state index in [-0.39, 0.29) is 6.04 Å². The van der Waals surface area contributed by atoms with Gasteiger partial charge in [0.2, 0.25) is 0 Å². The number of hydrogen-bond donors (Lipinski definition) is 2. The molecule has 0 radical (unpaired) electrons. The van der Waals surface area contributed by atoms with Crippen molar-refractivity contribution in [3.05, 3.63) is 17.0 Å². The molecule has 1 aromatic heterocycles. The maximum Gasteiger partial charge on any atom is 0.191 e. The second-order valence-corrected chi connectivity index (χ2v) is 7.08. The van der Waals surface area contributed by atoms with Gasteiger partial charge in [0, 0.05) is 45.6 Å². The highest BCUT2D eigenvalue weighted by molar-refractivity contribution is 5.79. The Balaban J connectivity index is 1.63. The van der Waals surface area contributed by atoms with Crippen molar-refractivity contribution in [2.45, 2.75) is 58.6 Å². The van der Waals surface area contributed by atoms with Gasteiger partial charge in [0.05, 0.1) is 18.4 Å². The summed E-state index contributed by atoms with van der Waals surface area (Å²) in [6.45, 7) is 9.53. The van der Waals surface area contributed by atoms with Crippen LogP contribution in [0.5, 0.6) is 0 Å². The van der Waals surface area contributed by atoms with Crippen molar-refractivity contribution >= 4 is 5.96 Å². The Hall–Kier alpha value is -1.60. The largest absolute Gasteiger partial charge is 0.379 e. The molecule has 2 rings (SSSR count). The van der Waals surface area contributed by atoms with Crippen LogP contribution in [0.15, 0.2) is 4.99 Å². The second-order valence-electron chi connectivity index (χ2n) is 7.08. The molecule has 7 nitrogen and oxygen atoms in total. The third-order valence-electron chi connectivity index (χ3n) is 4.86. The van der Waals surface area contributed by atoms with Gasteiger partial charge in [0.25, 0.3) is 0 Å². The molecule has 148 valence electrons. The van der Waals surface area contributed by atoms with E-state index in [1.165, 1.54) is 11.3 Å². The molecule has 1 aromatic rings. The van der Waals surface area contributed by atoms with Crippen molar-refractivity contribution in [3.63, 3.8) is 0 Å². The SMILES string of the molecule is CN=C(NCCCOCC1CCCO1)NC(C)Cc1c(C)nn(C)c1C. The van der Waals surface area contributed by atoms with Crippen LogP contribution in [0.2, 0.25) is 0 Å². The average Bonchev–Trinajstić information content (AvgIpc) is 3.21. The molecule has 2 heterocycles. The molecule has 0 amide bonds. The van der Waals surface area contributed by atoms with E-state index >= 15 is 0 Å². The van der Waals surface area contributed by atoms with Crippen molar-refractivity contribution < 1.29 is 9.47 Å². The second kappa shape index (κ2) is 10.5. The van der Waals surface area contributed by atoms with E-state index in [9.17, 15) is 0 Å². The van der Waals surface area contributed by atoms with Gasteiger partial charge in [0.15, 0.2) is 5.96 Å². The Bertz CT molecular complexity index is 579. The van der Waals surface area contributed by atoms with Gasteiger partial charge in [0.1, 0.15) is 0 Å². The molecule has 7 heteroatoms. The van der Waals surface area contributed by atoms with Gasteiger partial charge < -0.3 is 20.1 Å². The number of guanidine groups is 1. The van der Waals surface area contributed by atoms with Gasteiger partial charge in [-0.25, -0.2) is 0 Å². The van der Waals surface area contributed by atoms with Gasteiger partial charge in [-0.3, -0.25) is 9.67 Å². The first-order chi connectivity index (χ1) is 12.5. The van der Waals surface area contributed by atoms with Gasteiger partial charge in [-0.2, -0.15) is 5.10 Å². The molecule has 2 N–H and O–H groups in total. The lowest BCUT2D eigenvalue weighted by molar-refractivity contribution is 0.0168. The molecular weight excluding hydrogens is 330 g/mol. The number of rotatable bonds is 9. The number of aliphatic imine (C=N–C) groups is 1. The third-order valence-corrected chi connectivity index (χ3v) is 4.86. The highest BCUT2D eigenvalue weighted by Gasteiger charge is 2.15. The van der Waals surface area contributed by atoms with Gasteiger partial charge in [-0.1, -0.05) is 0 Å². The number of nitrogens with zero attached hydrogens (tertiary/aromatic N) is 3. The summed E-state index contributed by atoms with van der Waals surface area (Å²) in [5.74, 6) is 0.829. The van der Waals surface area contributed by atoms with E-state index in [0.29, 0.717) is 12.7 Å². The Morgan fingerprint density at radius 1 is 1.46 bits per heavy atom. The molecule has 1 fully saturated rings. The van der Waals surface area contributed by atoms with Crippen LogP contribution in [0.4, 0.5) is 0 Å². The van der Waals surface area contributed by atoms with Crippen molar-refractivity contribution in [2.24, 2.45) is 12.0 Å². The van der Waals surface area contributed by atoms with Crippen molar-refractivity contribution in [3.8, 4) is 0 Å². The van der Waals surface area contributed by atoms with Gasteiger partial charge in [-0.05, 0) is 52.0 Å². The number of aryl methyl sites for hydroxylation is 2. The van der Waals surface area contributed by atoms with Crippen molar-refractivity contribution in [1.82, 2.24) is 20.4 Å². The van der Waals surface area contributed by atoms with Crippen LogP contribution in [0.25, 0.3) is 0 Å². The quantitative estimate of drug-likeness (QED) is 0.396. The molecule has 0 aliphatic carbocycles. The Labute approximate surface area is 157 Å². The molecule has 0 aromatic carbocycles. The predicted octanol–water partition coefficient (Wildman–Crippen LogP) is 1.72. The first-order valence-corrected chi connectivity index (χ1v) is 9.66. The minimum absolute atomic E-state index is 0.276. The zero-order valence-corrected chi connectivity index (χ0v) is 17.0. The Morgan fingerprint density at radius 2 is 2.27 bits per heavy atom. The number of aromatic nitrogens is 2. The minimum Gasteiger partial charge on any atom is -0.379 e. The standard InChI is InChI=1S/C19H35N5O2/c1-14(12-18-15(2)23-24(5)16(18)3)22-19(20-4)21-9-7-10-25-13-17-8-6-11-26-17/h14,17H,6-13H2,1-5H3,(H2,20,21,22). The third kappa shape index (κ3) is 6.29. The molecule has 0 bridgehead atoms. The van der Waals surface area contributed by atoms with Crippen LogP contribution < -0.4 is 10.6 Å². The van der Waals surface area contributed by atoms with Crippen LogP contribution in [0.3, 0.4) is 0 Å². The highest BCUT2D eigenvalue weighted by atomic mass is 16.5. The average molecular weight is 366 g/mol. The van der Waals surface area contributed by atoms with Crippen LogP contribution in [-0.4, -0.2) is 61.3 Å². The number of ether oxygens (including phenoxy) is 2. The summed E-state index contributed by atoms with van der Waals surface area (Å²) in [7, 11) is 3.79. The smallest absolute Gasteiger partial charge is 0.191 e. The van der Waals surface area contributed by atoms with E-state index in [0.717, 1.165) is 57.1 Å². The summed E-state index contributed by atoms with van der Waals surface area (Å²) in [5.41, 5.74) is 3.64. The van der Waals surface area contributed by atoms with E-state index in [1.807, 2.05) is 11.7 Å². The number of nitrogens with one attached hydrogen (secondary N) is 2. The summed E-state index contributed by atoms with van der Waals surface area (Å²) in [4.78, 5) is 4.31. The van der Waals surface area contributed by atoms with Crippen LogP contribution in [-0.2, 0) is 22.9 Å². The lowest BCUT2D eigenvalue weighted by atomic mass is 10.1. The molecule has 26 heavy (non-hydrogen) atoms. The summed E-state index contributed by atoms with van der Waals surface area (Å²) >= 11 is 0. The first-order valence-electron chi connectivity index (χ1n) is 9.66. The molecule has 1 aliphatic heterocycles. The zero-order chi connectivity index (χ0) is 18.9. The molecular formula is C19H35N5O2. The van der Waals surface area contributed by atoms with Crippen LogP contribution >= 0.6 is 0 Å². The maximum absolute atomic E-state index is 5.69. The van der Waals surface area contributed by atoms with E-state index in [4.69, 9.17) is 9.47 Å². The van der Waals surface area contributed by atoms with E-state index in [2.05, 4.69) is 41.5 Å². The fraction of sp³-hybridized carbons (Fsp3) is 0.789. The van der Waals surface area contributed by atoms with Gasteiger partial charge in [-0.15, -0.1) is 0 Å². The lowest BCUT2D eigenvalue weighted by Crippen LogP contribution is -2.43. The lowest BCUT2D eigenvalue weighted by Gasteiger charge is -2.18. The van der Waals surface area contributed by atoms with E-state index < -0.39 is 0 Å². The predicted molar refractivity (Wildman–Crippen MR) is 105 cm³/mol. The van der Waals surface area contributed by atoms with Crippen molar-refractivity contribution in [1.29, 1.82) is 0 Å². The molecule has 2 atom stereocenters. The summed E-state index contributed by atoms with van der Waals surface area (Å²) < 4.78 is 13.2. The summed E-state index contributed by atoms with van der Waals surface area (Å²) in [5, 5.41) is 11.3. The Kier molecular flexibility index (Phi) is 8.38. The monoisotopic (exact) mass is 365 g/mol.